The van der Waals surface area contributed by atoms with E-state index < -0.39 is 0 Å². The van der Waals surface area contributed by atoms with Crippen LogP contribution in [0.3, 0.4) is 0 Å². The number of rotatable bonds is 2. The van der Waals surface area contributed by atoms with E-state index in [2.05, 4.69) is 33.8 Å². The zero-order valence-corrected chi connectivity index (χ0v) is 7.92. The SMILES string of the molecule is CC(C)C1(C(C)C)CC=CO1. The second-order valence-corrected chi connectivity index (χ2v) is 3.96. The highest BCUT2D eigenvalue weighted by Crippen LogP contribution is 2.37. The monoisotopic (exact) mass is 154 g/mol. The van der Waals surface area contributed by atoms with E-state index in [0.29, 0.717) is 11.8 Å². The van der Waals surface area contributed by atoms with Crippen LogP contribution in [0.25, 0.3) is 0 Å². The molecule has 64 valence electrons. The van der Waals surface area contributed by atoms with Gasteiger partial charge >= 0.3 is 0 Å². The van der Waals surface area contributed by atoms with Crippen molar-refractivity contribution in [2.24, 2.45) is 11.8 Å². The Labute approximate surface area is 69.4 Å². The number of hydrogen-bond acceptors (Lipinski definition) is 1. The summed E-state index contributed by atoms with van der Waals surface area (Å²) in [6.45, 7) is 8.92. The molecule has 1 aliphatic heterocycles. The molecule has 0 bridgehead atoms. The van der Waals surface area contributed by atoms with Crippen molar-refractivity contribution in [2.75, 3.05) is 0 Å². The summed E-state index contributed by atoms with van der Waals surface area (Å²) in [5, 5.41) is 0. The second-order valence-electron chi connectivity index (χ2n) is 3.96. The highest BCUT2D eigenvalue weighted by Gasteiger charge is 2.39. The van der Waals surface area contributed by atoms with Gasteiger partial charge in [0.1, 0.15) is 5.60 Å². The molecule has 0 N–H and O–H groups in total. The van der Waals surface area contributed by atoms with Crippen LogP contribution in [0.4, 0.5) is 0 Å². The van der Waals surface area contributed by atoms with Crippen LogP contribution in [0.5, 0.6) is 0 Å². The molecule has 0 atom stereocenters. The molecule has 0 aromatic carbocycles. The predicted molar refractivity (Wildman–Crippen MR) is 47.2 cm³/mol. The predicted octanol–water partition coefficient (Wildman–Crippen LogP) is 2.97. The average molecular weight is 154 g/mol. The maximum Gasteiger partial charge on any atom is 0.116 e. The van der Waals surface area contributed by atoms with Crippen molar-refractivity contribution in [3.8, 4) is 0 Å². The van der Waals surface area contributed by atoms with Crippen molar-refractivity contribution in [1.29, 1.82) is 0 Å². The molecule has 0 fully saturated rings. The molecule has 1 heteroatoms. The third kappa shape index (κ3) is 1.29. The Balaban J connectivity index is 2.73. The van der Waals surface area contributed by atoms with E-state index in [-0.39, 0.29) is 5.60 Å². The lowest BCUT2D eigenvalue weighted by Gasteiger charge is -2.36. The average Bonchev–Trinajstić information content (AvgIpc) is 2.34. The van der Waals surface area contributed by atoms with Crippen molar-refractivity contribution in [1.82, 2.24) is 0 Å². The summed E-state index contributed by atoms with van der Waals surface area (Å²) in [4.78, 5) is 0. The van der Waals surface area contributed by atoms with Crippen LogP contribution in [0, 0.1) is 11.8 Å². The second kappa shape index (κ2) is 2.88. The van der Waals surface area contributed by atoms with Crippen molar-refractivity contribution in [3.63, 3.8) is 0 Å². The third-order valence-corrected chi connectivity index (χ3v) is 2.78. The lowest BCUT2D eigenvalue weighted by molar-refractivity contribution is -0.0394. The maximum absolute atomic E-state index is 5.68. The Morgan fingerprint density at radius 2 is 1.73 bits per heavy atom. The van der Waals surface area contributed by atoms with Crippen LogP contribution in [0.15, 0.2) is 12.3 Å². The van der Waals surface area contributed by atoms with E-state index in [0.717, 1.165) is 6.42 Å². The fraction of sp³-hybridized carbons (Fsp3) is 0.800. The molecule has 0 saturated heterocycles. The molecule has 1 rings (SSSR count). The van der Waals surface area contributed by atoms with Crippen molar-refractivity contribution < 1.29 is 4.74 Å². The first-order chi connectivity index (χ1) is 5.09. The Bertz CT molecular complexity index is 138. The Hall–Kier alpha value is -0.460. The smallest absolute Gasteiger partial charge is 0.116 e. The van der Waals surface area contributed by atoms with Gasteiger partial charge in [0, 0.05) is 6.42 Å². The van der Waals surface area contributed by atoms with Crippen LogP contribution < -0.4 is 0 Å². The first kappa shape index (κ1) is 8.63. The summed E-state index contributed by atoms with van der Waals surface area (Å²) in [6.07, 6.45) is 5.04. The molecular weight excluding hydrogens is 136 g/mol. The lowest BCUT2D eigenvalue weighted by atomic mass is 9.78. The first-order valence-corrected chi connectivity index (χ1v) is 4.42. The molecule has 0 amide bonds. The standard InChI is InChI=1S/C10H18O/c1-8(2)10(9(3)4)6-5-7-11-10/h5,7-9H,6H2,1-4H3. The molecule has 0 aliphatic carbocycles. The van der Waals surface area contributed by atoms with E-state index in [1.165, 1.54) is 0 Å². The van der Waals surface area contributed by atoms with Crippen LogP contribution >= 0.6 is 0 Å². The topological polar surface area (TPSA) is 9.23 Å². The van der Waals surface area contributed by atoms with Gasteiger partial charge in [-0.15, -0.1) is 0 Å². The molecule has 1 aliphatic rings. The summed E-state index contributed by atoms with van der Waals surface area (Å²) in [7, 11) is 0. The van der Waals surface area contributed by atoms with Gasteiger partial charge in [-0.25, -0.2) is 0 Å². The van der Waals surface area contributed by atoms with Crippen molar-refractivity contribution in [3.05, 3.63) is 12.3 Å². The van der Waals surface area contributed by atoms with Crippen molar-refractivity contribution in [2.45, 2.75) is 39.7 Å². The van der Waals surface area contributed by atoms with E-state index >= 15 is 0 Å². The molecule has 0 spiro atoms. The number of hydrogen-bond donors (Lipinski definition) is 0. The van der Waals surface area contributed by atoms with Gasteiger partial charge in [0.2, 0.25) is 0 Å². The van der Waals surface area contributed by atoms with Gasteiger partial charge in [-0.3, -0.25) is 0 Å². The molecule has 1 heterocycles. The Morgan fingerprint density at radius 1 is 1.18 bits per heavy atom. The van der Waals surface area contributed by atoms with Crippen LogP contribution in [0.1, 0.15) is 34.1 Å². The molecule has 0 aromatic rings. The quantitative estimate of drug-likeness (QED) is 0.594. The van der Waals surface area contributed by atoms with Gasteiger partial charge in [0.25, 0.3) is 0 Å². The zero-order valence-electron chi connectivity index (χ0n) is 7.92. The van der Waals surface area contributed by atoms with Crippen molar-refractivity contribution >= 4 is 0 Å². The summed E-state index contributed by atoms with van der Waals surface area (Å²) < 4.78 is 5.68. The molecule has 0 saturated carbocycles. The van der Waals surface area contributed by atoms with Gasteiger partial charge < -0.3 is 4.74 Å². The molecule has 0 unspecified atom stereocenters. The Kier molecular flexibility index (Phi) is 2.26. The van der Waals surface area contributed by atoms with Gasteiger partial charge in [-0.2, -0.15) is 0 Å². The van der Waals surface area contributed by atoms with Gasteiger partial charge in [0.05, 0.1) is 6.26 Å². The molecule has 0 radical (unpaired) electrons. The lowest BCUT2D eigenvalue weighted by Crippen LogP contribution is -2.39. The largest absolute Gasteiger partial charge is 0.494 e. The fourth-order valence-electron chi connectivity index (χ4n) is 1.87. The maximum atomic E-state index is 5.68. The molecular formula is C10H18O. The minimum absolute atomic E-state index is 0.0833. The van der Waals surface area contributed by atoms with E-state index in [1.54, 1.807) is 0 Å². The van der Waals surface area contributed by atoms with Crippen LogP contribution in [-0.2, 0) is 4.74 Å². The fourth-order valence-corrected chi connectivity index (χ4v) is 1.87. The molecule has 1 nitrogen and oxygen atoms in total. The van der Waals surface area contributed by atoms with Gasteiger partial charge in [0.15, 0.2) is 0 Å². The summed E-state index contributed by atoms with van der Waals surface area (Å²) in [6, 6.07) is 0. The minimum atomic E-state index is 0.0833. The third-order valence-electron chi connectivity index (χ3n) is 2.78. The highest BCUT2D eigenvalue weighted by atomic mass is 16.5. The molecule has 11 heavy (non-hydrogen) atoms. The van der Waals surface area contributed by atoms with E-state index in [9.17, 15) is 0 Å². The van der Waals surface area contributed by atoms with E-state index in [1.807, 2.05) is 6.26 Å². The molecule has 0 aromatic heterocycles. The zero-order chi connectivity index (χ0) is 8.48. The van der Waals surface area contributed by atoms with Crippen LogP contribution in [0.2, 0.25) is 0 Å². The van der Waals surface area contributed by atoms with Crippen LogP contribution in [-0.4, -0.2) is 5.60 Å². The summed E-state index contributed by atoms with van der Waals surface area (Å²) in [5.74, 6) is 1.19. The van der Waals surface area contributed by atoms with Gasteiger partial charge in [-0.1, -0.05) is 27.7 Å². The summed E-state index contributed by atoms with van der Waals surface area (Å²) >= 11 is 0. The summed E-state index contributed by atoms with van der Waals surface area (Å²) in [5.41, 5.74) is 0.0833. The normalized spacial score (nSPS) is 21.3. The highest BCUT2D eigenvalue weighted by molar-refractivity contribution is 5.01. The minimum Gasteiger partial charge on any atom is -0.494 e. The van der Waals surface area contributed by atoms with Gasteiger partial charge in [-0.05, 0) is 17.9 Å². The first-order valence-electron chi connectivity index (χ1n) is 4.42. The Morgan fingerprint density at radius 3 is 1.91 bits per heavy atom. The van der Waals surface area contributed by atoms with E-state index in [4.69, 9.17) is 4.74 Å². The number of ether oxygens (including phenoxy) is 1.